The maximum absolute atomic E-state index is 12.5. The van der Waals surface area contributed by atoms with Gasteiger partial charge in [-0.25, -0.2) is 13.5 Å². The summed E-state index contributed by atoms with van der Waals surface area (Å²) in [7, 11) is 0. The van der Waals surface area contributed by atoms with E-state index >= 15 is 0 Å². The second-order valence-corrected chi connectivity index (χ2v) is 4.62. The summed E-state index contributed by atoms with van der Waals surface area (Å²) >= 11 is 0. The van der Waals surface area contributed by atoms with E-state index in [0.717, 1.165) is 25.7 Å². The first kappa shape index (κ1) is 12.9. The van der Waals surface area contributed by atoms with Gasteiger partial charge in [0, 0.05) is 5.92 Å². The molecule has 18 heavy (non-hydrogen) atoms. The smallest absolute Gasteiger partial charge is 0.257 e. The Morgan fingerprint density at radius 3 is 2.67 bits per heavy atom. The lowest BCUT2D eigenvalue weighted by atomic mass is 10.0. The Balaban J connectivity index is 2.28. The monoisotopic (exact) mass is 258 g/mol. The molecule has 1 fully saturated rings. The first-order valence-electron chi connectivity index (χ1n) is 6.06. The zero-order valence-corrected chi connectivity index (χ0v) is 9.98. The number of amides is 1. The van der Waals surface area contributed by atoms with Crippen LogP contribution in [0.15, 0.2) is 0 Å². The van der Waals surface area contributed by atoms with E-state index < -0.39 is 18.9 Å². The van der Waals surface area contributed by atoms with E-state index in [1.807, 2.05) is 0 Å². The first-order valence-corrected chi connectivity index (χ1v) is 6.06. The van der Waals surface area contributed by atoms with Crippen molar-refractivity contribution >= 4 is 5.91 Å². The standard InChI is InChI=1S/C11H16F2N4O/c12-9(13)6-17-11(7-3-1-2-4-7)8(15-16-17)5-10(14)18/h7,9H,1-6H2,(H2,14,18). The Bertz CT molecular complexity index is 427. The summed E-state index contributed by atoms with van der Waals surface area (Å²) in [5, 5.41) is 7.57. The summed E-state index contributed by atoms with van der Waals surface area (Å²) in [4.78, 5) is 11.0. The van der Waals surface area contributed by atoms with E-state index in [0.29, 0.717) is 11.4 Å². The molecule has 1 amide bonds. The zero-order chi connectivity index (χ0) is 13.1. The number of carbonyl (C=O) groups excluding carboxylic acids is 1. The van der Waals surface area contributed by atoms with E-state index in [1.54, 1.807) is 0 Å². The third-order valence-corrected chi connectivity index (χ3v) is 3.24. The molecule has 0 bridgehead atoms. The molecule has 2 N–H and O–H groups in total. The molecule has 1 aliphatic carbocycles. The quantitative estimate of drug-likeness (QED) is 0.863. The molecule has 1 saturated carbocycles. The number of aromatic nitrogens is 3. The number of rotatable bonds is 5. The fraction of sp³-hybridized carbons (Fsp3) is 0.727. The molecule has 0 radical (unpaired) electrons. The molecule has 7 heteroatoms. The van der Waals surface area contributed by atoms with Gasteiger partial charge >= 0.3 is 0 Å². The number of alkyl halides is 2. The van der Waals surface area contributed by atoms with E-state index in [9.17, 15) is 13.6 Å². The Labute approximate surface area is 103 Å². The van der Waals surface area contributed by atoms with Crippen LogP contribution in [-0.4, -0.2) is 27.3 Å². The molecule has 1 heterocycles. The molecule has 0 unspecified atom stereocenters. The second-order valence-electron chi connectivity index (χ2n) is 4.62. The van der Waals surface area contributed by atoms with Gasteiger partial charge in [-0.15, -0.1) is 5.10 Å². The molecule has 0 spiro atoms. The summed E-state index contributed by atoms with van der Waals surface area (Å²) in [5.41, 5.74) is 6.26. The maximum Gasteiger partial charge on any atom is 0.257 e. The van der Waals surface area contributed by atoms with Gasteiger partial charge in [0.1, 0.15) is 6.54 Å². The van der Waals surface area contributed by atoms with Crippen molar-refractivity contribution in [2.45, 2.75) is 51.0 Å². The summed E-state index contributed by atoms with van der Waals surface area (Å²) in [6.07, 6.45) is 1.49. The number of hydrogen-bond donors (Lipinski definition) is 1. The molecule has 0 aromatic carbocycles. The minimum absolute atomic E-state index is 0.0327. The molecule has 5 nitrogen and oxygen atoms in total. The Hall–Kier alpha value is -1.53. The van der Waals surface area contributed by atoms with Gasteiger partial charge < -0.3 is 5.73 Å². The van der Waals surface area contributed by atoms with Gasteiger partial charge in [-0.05, 0) is 12.8 Å². The maximum atomic E-state index is 12.5. The van der Waals surface area contributed by atoms with Crippen molar-refractivity contribution in [3.63, 3.8) is 0 Å². The zero-order valence-electron chi connectivity index (χ0n) is 9.98. The molecule has 0 atom stereocenters. The highest BCUT2D eigenvalue weighted by Crippen LogP contribution is 2.35. The SMILES string of the molecule is NC(=O)Cc1nnn(CC(F)F)c1C1CCCC1. The molecule has 1 aliphatic rings. The predicted molar refractivity (Wildman–Crippen MR) is 60.1 cm³/mol. The molecule has 100 valence electrons. The van der Waals surface area contributed by atoms with Gasteiger partial charge in [0.25, 0.3) is 6.43 Å². The van der Waals surface area contributed by atoms with Crippen LogP contribution in [0.3, 0.4) is 0 Å². The van der Waals surface area contributed by atoms with Crippen molar-refractivity contribution in [1.82, 2.24) is 15.0 Å². The summed E-state index contributed by atoms with van der Waals surface area (Å²) in [6, 6.07) is 0. The van der Waals surface area contributed by atoms with Gasteiger partial charge in [0.05, 0.1) is 17.8 Å². The lowest BCUT2D eigenvalue weighted by Gasteiger charge is -2.13. The third-order valence-electron chi connectivity index (χ3n) is 3.24. The fourth-order valence-corrected chi connectivity index (χ4v) is 2.56. The van der Waals surface area contributed by atoms with Crippen LogP contribution in [-0.2, 0) is 17.8 Å². The highest BCUT2D eigenvalue weighted by Gasteiger charge is 2.27. The highest BCUT2D eigenvalue weighted by atomic mass is 19.3. The lowest BCUT2D eigenvalue weighted by molar-refractivity contribution is -0.117. The number of nitrogens with zero attached hydrogens (tertiary/aromatic N) is 3. The Morgan fingerprint density at radius 2 is 2.11 bits per heavy atom. The summed E-state index contributed by atoms with van der Waals surface area (Å²) in [6.45, 7) is -0.475. The Kier molecular flexibility index (Phi) is 3.88. The number of nitrogens with two attached hydrogens (primary N) is 1. The van der Waals surface area contributed by atoms with Gasteiger partial charge in [0.2, 0.25) is 5.91 Å². The van der Waals surface area contributed by atoms with Gasteiger partial charge in [-0.1, -0.05) is 18.1 Å². The van der Waals surface area contributed by atoms with Crippen molar-refractivity contribution in [1.29, 1.82) is 0 Å². The summed E-state index contributed by atoms with van der Waals surface area (Å²) in [5.74, 6) is -0.341. The molecular formula is C11H16F2N4O. The second kappa shape index (κ2) is 5.41. The van der Waals surface area contributed by atoms with Crippen molar-refractivity contribution in [2.24, 2.45) is 5.73 Å². The topological polar surface area (TPSA) is 73.8 Å². The predicted octanol–water partition coefficient (Wildman–Crippen LogP) is 1.23. The van der Waals surface area contributed by atoms with E-state index in [-0.39, 0.29) is 12.3 Å². The minimum Gasteiger partial charge on any atom is -0.369 e. The lowest BCUT2D eigenvalue weighted by Crippen LogP contribution is -2.18. The first-order chi connectivity index (χ1) is 8.58. The van der Waals surface area contributed by atoms with Crippen LogP contribution in [0.1, 0.15) is 43.0 Å². The van der Waals surface area contributed by atoms with Crippen molar-refractivity contribution in [3.8, 4) is 0 Å². The largest absolute Gasteiger partial charge is 0.369 e. The van der Waals surface area contributed by atoms with E-state index in [2.05, 4.69) is 10.3 Å². The highest BCUT2D eigenvalue weighted by molar-refractivity contribution is 5.76. The van der Waals surface area contributed by atoms with Crippen LogP contribution in [0.4, 0.5) is 8.78 Å². The number of primary amides is 1. The molecule has 0 aliphatic heterocycles. The van der Waals surface area contributed by atoms with Crippen molar-refractivity contribution < 1.29 is 13.6 Å². The van der Waals surface area contributed by atoms with Crippen LogP contribution >= 0.6 is 0 Å². The number of hydrogen-bond acceptors (Lipinski definition) is 3. The number of halogens is 2. The average molecular weight is 258 g/mol. The van der Waals surface area contributed by atoms with Crippen LogP contribution in [0.25, 0.3) is 0 Å². The van der Waals surface area contributed by atoms with Gasteiger partial charge in [0.15, 0.2) is 0 Å². The van der Waals surface area contributed by atoms with Crippen molar-refractivity contribution in [3.05, 3.63) is 11.4 Å². The minimum atomic E-state index is -2.48. The third kappa shape index (κ3) is 2.83. The normalized spacial score (nSPS) is 16.6. The van der Waals surface area contributed by atoms with Crippen LogP contribution in [0.2, 0.25) is 0 Å². The molecule has 2 rings (SSSR count). The van der Waals surface area contributed by atoms with Gasteiger partial charge in [-0.2, -0.15) is 0 Å². The Morgan fingerprint density at radius 1 is 1.44 bits per heavy atom. The van der Waals surface area contributed by atoms with E-state index in [4.69, 9.17) is 5.73 Å². The molecule has 1 aromatic rings. The van der Waals surface area contributed by atoms with Gasteiger partial charge in [-0.3, -0.25) is 4.79 Å². The van der Waals surface area contributed by atoms with E-state index in [1.165, 1.54) is 4.68 Å². The summed E-state index contributed by atoms with van der Waals surface area (Å²) < 4.78 is 26.2. The molecular weight excluding hydrogens is 242 g/mol. The van der Waals surface area contributed by atoms with Crippen LogP contribution < -0.4 is 5.73 Å². The van der Waals surface area contributed by atoms with Crippen LogP contribution in [0.5, 0.6) is 0 Å². The molecule has 0 saturated heterocycles. The van der Waals surface area contributed by atoms with Crippen molar-refractivity contribution in [2.75, 3.05) is 0 Å². The van der Waals surface area contributed by atoms with Crippen LogP contribution in [0, 0.1) is 0 Å². The number of carbonyl (C=O) groups is 1. The molecule has 1 aromatic heterocycles. The average Bonchev–Trinajstić information content (AvgIpc) is 2.86. The fourth-order valence-electron chi connectivity index (χ4n) is 2.56.